The summed E-state index contributed by atoms with van der Waals surface area (Å²) in [6.07, 6.45) is 0. The fraction of sp³-hybridized carbons (Fsp3) is 0. The van der Waals surface area contributed by atoms with Crippen LogP contribution in [0.2, 0.25) is 0 Å². The average Bonchev–Trinajstić information content (AvgIpc) is 0. The molecule has 0 N–H and O–H groups in total. The quantitative estimate of drug-likeness (QED) is 0.387. The van der Waals surface area contributed by atoms with Crippen molar-refractivity contribution in [2.45, 2.75) is 0 Å². The van der Waals surface area contributed by atoms with E-state index in [1.807, 2.05) is 0 Å². The zero-order chi connectivity index (χ0) is 0. The van der Waals surface area contributed by atoms with Gasteiger partial charge in [-0.05, 0) is 0 Å². The van der Waals surface area contributed by atoms with Crippen molar-refractivity contribution in [1.29, 1.82) is 0 Å². The van der Waals surface area contributed by atoms with Gasteiger partial charge in [0.05, 0.1) is 0 Å². The van der Waals surface area contributed by atoms with Gasteiger partial charge in [0.15, 0.2) is 0 Å². The van der Waals surface area contributed by atoms with Crippen LogP contribution in [0.4, 0.5) is 0 Å². The van der Waals surface area contributed by atoms with Gasteiger partial charge in [-0.2, -0.15) is 0 Å². The summed E-state index contributed by atoms with van der Waals surface area (Å²) < 4.78 is 0. The second-order valence-electron chi connectivity index (χ2n) is 0. The average molecular weight is 281 g/mol. The molecule has 0 heterocycles. The molecule has 0 aromatic rings. The fourth-order valence-corrected chi connectivity index (χ4v) is 0. The first-order valence-electron chi connectivity index (χ1n) is 0. The molecule has 0 fully saturated rings. The van der Waals surface area contributed by atoms with E-state index in [4.69, 9.17) is 0 Å². The molecule has 6 heavy (non-hydrogen) atoms. The van der Waals surface area contributed by atoms with Crippen LogP contribution in [0.3, 0.4) is 0 Å². The molecule has 32 valence electrons. The third kappa shape index (κ3) is 29.5. The van der Waals surface area contributed by atoms with Gasteiger partial charge in [-0.3, -0.25) is 0 Å². The van der Waals surface area contributed by atoms with E-state index in [0.717, 1.165) is 0 Å². The van der Waals surface area contributed by atoms with Gasteiger partial charge in [0.2, 0.25) is 0 Å². The first-order valence-corrected chi connectivity index (χ1v) is 0. The third-order valence-electron chi connectivity index (χ3n) is 0. The van der Waals surface area contributed by atoms with E-state index in [0.29, 0.717) is 0 Å². The Hall–Kier alpha value is 2.76. The topological polar surface area (TPSA) is 0 Å². The molecular formula is Cl4TiZr+4. The van der Waals surface area contributed by atoms with Crippen molar-refractivity contribution in [3.05, 3.63) is 0 Å². The number of rotatable bonds is 0. The predicted octanol–water partition coefficient (Wildman–Crippen LogP) is -12.0. The molecule has 0 aromatic carbocycles. The van der Waals surface area contributed by atoms with Gasteiger partial charge in [-0.15, -0.1) is 0 Å². The van der Waals surface area contributed by atoms with Crippen LogP contribution in [0, 0.1) is 0 Å². The molecule has 0 saturated heterocycles. The SMILES string of the molecule is [Cl-].[Cl-].[Cl-].[Cl-].[Ti+4].[Zr+4]. The first-order chi connectivity index (χ1) is 0. The van der Waals surface area contributed by atoms with E-state index in [-0.39, 0.29) is 97.5 Å². The molecule has 0 amide bonds. The number of halogens is 4. The van der Waals surface area contributed by atoms with Crippen molar-refractivity contribution in [2.75, 3.05) is 0 Å². The summed E-state index contributed by atoms with van der Waals surface area (Å²) in [5.41, 5.74) is 0. The van der Waals surface area contributed by atoms with Gasteiger partial charge in [-0.25, -0.2) is 0 Å². The molecule has 0 unspecified atom stereocenters. The van der Waals surface area contributed by atoms with Gasteiger partial charge in [0.25, 0.3) is 0 Å². The van der Waals surface area contributed by atoms with Crippen LogP contribution < -0.4 is 49.6 Å². The molecule has 0 saturated carbocycles. The summed E-state index contributed by atoms with van der Waals surface area (Å²) >= 11 is 0. The molecule has 0 nitrogen and oxygen atoms in total. The van der Waals surface area contributed by atoms with Crippen molar-refractivity contribution in [3.8, 4) is 0 Å². The van der Waals surface area contributed by atoms with Crippen LogP contribution in [0.15, 0.2) is 0 Å². The summed E-state index contributed by atoms with van der Waals surface area (Å²) in [7, 11) is 0. The monoisotopic (exact) mass is 278 g/mol. The minimum Gasteiger partial charge on any atom is -1.00 e. The third-order valence-corrected chi connectivity index (χ3v) is 0. The van der Waals surface area contributed by atoms with Crippen LogP contribution in [-0.2, 0) is 47.9 Å². The van der Waals surface area contributed by atoms with Gasteiger partial charge in [0, 0.05) is 0 Å². The summed E-state index contributed by atoms with van der Waals surface area (Å²) in [6, 6.07) is 0. The van der Waals surface area contributed by atoms with Crippen LogP contribution in [0.5, 0.6) is 0 Å². The minimum absolute atomic E-state index is 0. The summed E-state index contributed by atoms with van der Waals surface area (Å²) in [5, 5.41) is 0. The van der Waals surface area contributed by atoms with E-state index in [1.54, 1.807) is 0 Å². The molecule has 0 bridgehead atoms. The molecule has 0 spiro atoms. The normalized spacial score (nSPS) is 0. The Morgan fingerprint density at radius 2 is 0.500 bits per heavy atom. The summed E-state index contributed by atoms with van der Waals surface area (Å²) in [5.74, 6) is 0. The van der Waals surface area contributed by atoms with Crippen molar-refractivity contribution in [3.63, 3.8) is 0 Å². The van der Waals surface area contributed by atoms with E-state index in [9.17, 15) is 0 Å². The Balaban J connectivity index is 0. The van der Waals surface area contributed by atoms with Crippen LogP contribution >= 0.6 is 0 Å². The standard InChI is InChI=1S/4ClH.Ti.Zr/h4*1H;;/q;;;;2*+4/p-4. The Kier molecular flexibility index (Phi) is 538. The van der Waals surface area contributed by atoms with E-state index in [2.05, 4.69) is 0 Å². The predicted molar refractivity (Wildman–Crippen MR) is 0 cm³/mol. The second-order valence-corrected chi connectivity index (χ2v) is 0. The molecular weight excluding hydrogens is 281 g/mol. The fourth-order valence-electron chi connectivity index (χ4n) is 0. The second kappa shape index (κ2) is 46.6. The summed E-state index contributed by atoms with van der Waals surface area (Å²) in [4.78, 5) is 0. The molecule has 0 aromatic heterocycles. The molecule has 0 rings (SSSR count). The smallest absolute Gasteiger partial charge is 1.00 e. The molecule has 0 radical (unpaired) electrons. The molecule has 0 aliphatic carbocycles. The molecule has 0 aliphatic heterocycles. The van der Waals surface area contributed by atoms with Crippen LogP contribution in [0.25, 0.3) is 0 Å². The maximum atomic E-state index is 0. The first kappa shape index (κ1) is 69.3. The van der Waals surface area contributed by atoms with Gasteiger partial charge in [0.1, 0.15) is 0 Å². The molecule has 0 aliphatic rings. The van der Waals surface area contributed by atoms with Gasteiger partial charge in [-0.1, -0.05) is 0 Å². The number of hydrogen-bond acceptors (Lipinski definition) is 0. The number of hydrogen-bond donors (Lipinski definition) is 0. The van der Waals surface area contributed by atoms with Crippen LogP contribution in [-0.4, -0.2) is 0 Å². The zero-order valence-electron chi connectivity index (χ0n) is 2.51. The maximum Gasteiger partial charge on any atom is 4.00 e. The Labute approximate surface area is 96.2 Å². The Bertz CT molecular complexity index is 7.51. The van der Waals surface area contributed by atoms with E-state index in [1.165, 1.54) is 0 Å². The summed E-state index contributed by atoms with van der Waals surface area (Å²) in [6.45, 7) is 0. The largest absolute Gasteiger partial charge is 4.00 e. The van der Waals surface area contributed by atoms with Crippen molar-refractivity contribution in [2.24, 2.45) is 0 Å². The zero-order valence-corrected chi connectivity index (χ0v) is 9.56. The van der Waals surface area contributed by atoms with E-state index >= 15 is 0 Å². The minimum atomic E-state index is 0. The van der Waals surface area contributed by atoms with Crippen molar-refractivity contribution < 1.29 is 97.5 Å². The van der Waals surface area contributed by atoms with Crippen LogP contribution in [0.1, 0.15) is 0 Å². The van der Waals surface area contributed by atoms with Gasteiger partial charge < -0.3 is 49.6 Å². The van der Waals surface area contributed by atoms with Crippen molar-refractivity contribution >= 4 is 0 Å². The molecule has 0 atom stereocenters. The van der Waals surface area contributed by atoms with Crippen molar-refractivity contribution in [1.82, 2.24) is 0 Å². The Morgan fingerprint density at radius 1 is 0.500 bits per heavy atom. The Morgan fingerprint density at radius 3 is 0.500 bits per heavy atom. The maximum absolute atomic E-state index is 0. The molecule has 6 heteroatoms. The van der Waals surface area contributed by atoms with E-state index < -0.39 is 0 Å². The van der Waals surface area contributed by atoms with Gasteiger partial charge >= 0.3 is 47.9 Å².